The highest BCUT2D eigenvalue weighted by Gasteiger charge is 2.14. The van der Waals surface area contributed by atoms with Crippen LogP contribution in [0.5, 0.6) is 23.0 Å². The first kappa shape index (κ1) is 15.1. The summed E-state index contributed by atoms with van der Waals surface area (Å²) in [6.45, 7) is 0. The molecule has 0 aliphatic heterocycles. The average Bonchev–Trinajstić information content (AvgIpc) is 2.51. The maximum Gasteiger partial charge on any atom is 0.181 e. The summed E-state index contributed by atoms with van der Waals surface area (Å²) in [6.07, 6.45) is 0. The largest absolute Gasteiger partial charge is 0.496 e. The third-order valence-electron chi connectivity index (χ3n) is 2.72. The van der Waals surface area contributed by atoms with E-state index < -0.39 is 5.82 Å². The Morgan fingerprint density at radius 1 is 1.05 bits per heavy atom. The number of halogens is 2. The molecule has 2 rings (SSSR count). The summed E-state index contributed by atoms with van der Waals surface area (Å²) in [5.41, 5.74) is 0.197. The van der Waals surface area contributed by atoms with E-state index in [0.29, 0.717) is 17.2 Å². The molecule has 0 atom stereocenters. The van der Waals surface area contributed by atoms with Gasteiger partial charge in [0.25, 0.3) is 0 Å². The second kappa shape index (κ2) is 6.46. The fourth-order valence-electron chi connectivity index (χ4n) is 1.66. The van der Waals surface area contributed by atoms with E-state index in [1.165, 1.54) is 26.4 Å². The Bertz CT molecular complexity index is 691. The van der Waals surface area contributed by atoms with Crippen molar-refractivity contribution in [2.75, 3.05) is 14.2 Å². The van der Waals surface area contributed by atoms with Crippen molar-refractivity contribution in [3.05, 3.63) is 46.2 Å². The lowest BCUT2D eigenvalue weighted by Gasteiger charge is -2.11. The second-order valence-corrected chi connectivity index (χ2v) is 4.79. The van der Waals surface area contributed by atoms with Gasteiger partial charge in [0.05, 0.1) is 24.3 Å². The van der Waals surface area contributed by atoms with Gasteiger partial charge in [-0.1, -0.05) is 0 Å². The van der Waals surface area contributed by atoms with Crippen LogP contribution >= 0.6 is 15.9 Å². The Kier molecular flexibility index (Phi) is 4.66. The van der Waals surface area contributed by atoms with Crippen LogP contribution in [0.2, 0.25) is 0 Å². The molecule has 0 radical (unpaired) electrons. The van der Waals surface area contributed by atoms with Crippen molar-refractivity contribution >= 4 is 15.9 Å². The summed E-state index contributed by atoms with van der Waals surface area (Å²) in [5, 5.41) is 8.84. The summed E-state index contributed by atoms with van der Waals surface area (Å²) < 4.78 is 29.9. The molecule has 4 nitrogen and oxygen atoms in total. The Morgan fingerprint density at radius 3 is 2.14 bits per heavy atom. The van der Waals surface area contributed by atoms with Crippen LogP contribution in [0.25, 0.3) is 0 Å². The minimum absolute atomic E-state index is 0.00354. The molecule has 0 aromatic heterocycles. The van der Waals surface area contributed by atoms with E-state index >= 15 is 0 Å². The SMILES string of the molecule is COc1cc(OC)cc(Oc2ccc(C#N)c(Br)c2F)c1. The van der Waals surface area contributed by atoms with E-state index in [9.17, 15) is 4.39 Å². The number of rotatable bonds is 4. The molecular formula is C15H11BrFNO3. The molecule has 0 N–H and O–H groups in total. The fraction of sp³-hybridized carbons (Fsp3) is 0.133. The standard InChI is InChI=1S/C15H11BrFNO3/c1-19-10-5-11(20-2)7-12(6-10)21-13-4-3-9(8-18)14(16)15(13)17/h3-7H,1-2H3. The van der Waals surface area contributed by atoms with Crippen LogP contribution in [0, 0.1) is 17.1 Å². The topological polar surface area (TPSA) is 51.5 Å². The molecule has 0 bridgehead atoms. The second-order valence-electron chi connectivity index (χ2n) is 4.00. The number of methoxy groups -OCH3 is 2. The van der Waals surface area contributed by atoms with Gasteiger partial charge in [0.1, 0.15) is 23.3 Å². The van der Waals surface area contributed by atoms with Gasteiger partial charge in [0.15, 0.2) is 11.6 Å². The van der Waals surface area contributed by atoms with E-state index in [1.807, 2.05) is 6.07 Å². The molecule has 0 fully saturated rings. The molecule has 0 unspecified atom stereocenters. The number of hydrogen-bond donors (Lipinski definition) is 0. The maximum absolute atomic E-state index is 14.1. The van der Waals surface area contributed by atoms with Gasteiger partial charge in [-0.05, 0) is 28.1 Å². The van der Waals surface area contributed by atoms with Crippen molar-refractivity contribution in [3.8, 4) is 29.1 Å². The van der Waals surface area contributed by atoms with Crippen LogP contribution in [0.3, 0.4) is 0 Å². The van der Waals surface area contributed by atoms with Gasteiger partial charge in [-0.2, -0.15) is 5.26 Å². The van der Waals surface area contributed by atoms with Gasteiger partial charge in [0.2, 0.25) is 0 Å². The lowest BCUT2D eigenvalue weighted by Crippen LogP contribution is -1.93. The molecule has 0 heterocycles. The number of nitrogens with zero attached hydrogens (tertiary/aromatic N) is 1. The lowest BCUT2D eigenvalue weighted by molar-refractivity contribution is 0.383. The number of nitriles is 1. The summed E-state index contributed by atoms with van der Waals surface area (Å²) in [4.78, 5) is 0. The Morgan fingerprint density at radius 2 is 1.62 bits per heavy atom. The predicted octanol–water partition coefficient (Wildman–Crippen LogP) is 4.27. The van der Waals surface area contributed by atoms with Crippen molar-refractivity contribution in [2.45, 2.75) is 0 Å². The first-order valence-corrected chi connectivity index (χ1v) is 6.67. The van der Waals surface area contributed by atoms with Gasteiger partial charge in [0, 0.05) is 18.2 Å². The van der Waals surface area contributed by atoms with Crippen LogP contribution < -0.4 is 14.2 Å². The van der Waals surface area contributed by atoms with E-state index in [-0.39, 0.29) is 15.8 Å². The minimum Gasteiger partial charge on any atom is -0.496 e. The molecule has 21 heavy (non-hydrogen) atoms. The Balaban J connectivity index is 2.39. The zero-order chi connectivity index (χ0) is 15.4. The van der Waals surface area contributed by atoms with Gasteiger partial charge in [-0.3, -0.25) is 0 Å². The average molecular weight is 352 g/mol. The summed E-state index contributed by atoms with van der Waals surface area (Å²) >= 11 is 3.03. The van der Waals surface area contributed by atoms with Gasteiger partial charge in [-0.25, -0.2) is 4.39 Å². The van der Waals surface area contributed by atoms with Crippen molar-refractivity contribution in [1.82, 2.24) is 0 Å². The van der Waals surface area contributed by atoms with Crippen LogP contribution in [-0.4, -0.2) is 14.2 Å². The fourth-order valence-corrected chi connectivity index (χ4v) is 2.08. The van der Waals surface area contributed by atoms with Crippen molar-refractivity contribution in [3.63, 3.8) is 0 Å². The lowest BCUT2D eigenvalue weighted by atomic mass is 10.2. The van der Waals surface area contributed by atoms with Crippen molar-refractivity contribution < 1.29 is 18.6 Å². The molecule has 0 spiro atoms. The highest BCUT2D eigenvalue weighted by atomic mass is 79.9. The Labute approximate surface area is 129 Å². The number of hydrogen-bond acceptors (Lipinski definition) is 4. The quantitative estimate of drug-likeness (QED) is 0.825. The third kappa shape index (κ3) is 3.26. The molecule has 2 aromatic carbocycles. The summed E-state index contributed by atoms with van der Waals surface area (Å²) in [6, 6.07) is 9.64. The normalized spacial score (nSPS) is 9.86. The van der Waals surface area contributed by atoms with E-state index in [1.54, 1.807) is 18.2 Å². The van der Waals surface area contributed by atoms with Crippen LogP contribution in [0.15, 0.2) is 34.8 Å². The summed E-state index contributed by atoms with van der Waals surface area (Å²) in [7, 11) is 3.02. The van der Waals surface area contributed by atoms with Crippen molar-refractivity contribution in [2.24, 2.45) is 0 Å². The third-order valence-corrected chi connectivity index (χ3v) is 3.50. The highest BCUT2D eigenvalue weighted by Crippen LogP contribution is 2.34. The predicted molar refractivity (Wildman–Crippen MR) is 78.4 cm³/mol. The number of benzene rings is 2. The molecule has 0 saturated carbocycles. The molecule has 0 saturated heterocycles. The zero-order valence-corrected chi connectivity index (χ0v) is 12.9. The minimum atomic E-state index is -0.643. The molecule has 0 aliphatic carbocycles. The smallest absolute Gasteiger partial charge is 0.181 e. The van der Waals surface area contributed by atoms with E-state index in [2.05, 4.69) is 15.9 Å². The molecule has 0 amide bonds. The molecule has 0 aliphatic rings. The molecule has 2 aromatic rings. The first-order chi connectivity index (χ1) is 10.1. The molecular weight excluding hydrogens is 341 g/mol. The van der Waals surface area contributed by atoms with Crippen molar-refractivity contribution in [1.29, 1.82) is 5.26 Å². The maximum atomic E-state index is 14.1. The van der Waals surface area contributed by atoms with Crippen LogP contribution in [0.4, 0.5) is 4.39 Å². The highest BCUT2D eigenvalue weighted by molar-refractivity contribution is 9.10. The van der Waals surface area contributed by atoms with E-state index in [0.717, 1.165) is 0 Å². The first-order valence-electron chi connectivity index (χ1n) is 5.88. The zero-order valence-electron chi connectivity index (χ0n) is 11.3. The molecule has 108 valence electrons. The summed E-state index contributed by atoms with van der Waals surface area (Å²) in [5.74, 6) is 0.767. The van der Waals surface area contributed by atoms with E-state index in [4.69, 9.17) is 19.5 Å². The van der Waals surface area contributed by atoms with Gasteiger partial charge >= 0.3 is 0 Å². The molecule has 6 heteroatoms. The Hall–Kier alpha value is -2.26. The van der Waals surface area contributed by atoms with Crippen LogP contribution in [-0.2, 0) is 0 Å². The number of ether oxygens (including phenoxy) is 3. The van der Waals surface area contributed by atoms with Gasteiger partial charge in [-0.15, -0.1) is 0 Å². The monoisotopic (exact) mass is 351 g/mol. The van der Waals surface area contributed by atoms with Crippen LogP contribution in [0.1, 0.15) is 5.56 Å². The van der Waals surface area contributed by atoms with Gasteiger partial charge < -0.3 is 14.2 Å².